The summed E-state index contributed by atoms with van der Waals surface area (Å²) in [4.78, 5) is 14.7. The van der Waals surface area contributed by atoms with Crippen LogP contribution >= 0.6 is 0 Å². The largest absolute Gasteiger partial charge is 0.389 e. The fourth-order valence-corrected chi connectivity index (χ4v) is 3.93. The molecular weight excluding hydrogens is 316 g/mol. The summed E-state index contributed by atoms with van der Waals surface area (Å²) >= 11 is 0. The van der Waals surface area contributed by atoms with Gasteiger partial charge in [0.25, 0.3) is 0 Å². The molecule has 0 bridgehead atoms. The second-order valence-electron chi connectivity index (χ2n) is 7.59. The molecule has 1 aromatic rings. The highest BCUT2D eigenvalue weighted by molar-refractivity contribution is 5.77. The average Bonchev–Trinajstić information content (AvgIpc) is 3.02. The third-order valence-electron chi connectivity index (χ3n) is 5.40. The molecule has 1 saturated heterocycles. The summed E-state index contributed by atoms with van der Waals surface area (Å²) < 4.78 is 5.88. The van der Waals surface area contributed by atoms with Crippen LogP contribution in [0, 0.1) is 0 Å². The molecule has 0 spiro atoms. The number of hydrogen-bond donors (Lipinski definition) is 2. The summed E-state index contributed by atoms with van der Waals surface area (Å²) in [6.45, 7) is 5.29. The number of carbonyl (C=O) groups excluding carboxylic acids is 1. The maximum absolute atomic E-state index is 12.3. The van der Waals surface area contributed by atoms with Crippen molar-refractivity contribution >= 4 is 5.91 Å². The predicted molar refractivity (Wildman–Crippen MR) is 97.1 cm³/mol. The molecule has 25 heavy (non-hydrogen) atoms. The Kier molecular flexibility index (Phi) is 6.10. The first-order chi connectivity index (χ1) is 12.0. The zero-order chi connectivity index (χ0) is 17.7. The van der Waals surface area contributed by atoms with E-state index in [-0.39, 0.29) is 24.5 Å². The third kappa shape index (κ3) is 5.27. The van der Waals surface area contributed by atoms with Gasteiger partial charge in [0.15, 0.2) is 0 Å². The summed E-state index contributed by atoms with van der Waals surface area (Å²) in [5.74, 6) is -0.0688. The second-order valence-corrected chi connectivity index (χ2v) is 7.59. The first-order valence-electron chi connectivity index (χ1n) is 9.44. The second kappa shape index (κ2) is 8.30. The lowest BCUT2D eigenvalue weighted by Gasteiger charge is -2.36. The monoisotopic (exact) mass is 346 g/mol. The number of ether oxygens (including phenoxy) is 1. The van der Waals surface area contributed by atoms with E-state index in [1.165, 1.54) is 5.56 Å². The van der Waals surface area contributed by atoms with Crippen molar-refractivity contribution < 1.29 is 14.6 Å². The van der Waals surface area contributed by atoms with Gasteiger partial charge in [0.2, 0.25) is 5.91 Å². The standard InChI is InChI=1S/C20H30N2O3/c1-16(21-19(23)13-20(24)9-5-6-10-20)18-15-22(11-12-25-18)14-17-7-3-2-4-8-17/h2-4,7-8,16,18,24H,5-6,9-15H2,1H3,(H,21,23)/t16-,18+/m1/s1. The zero-order valence-electron chi connectivity index (χ0n) is 15.1. The quantitative estimate of drug-likeness (QED) is 0.828. The molecule has 0 aromatic heterocycles. The van der Waals surface area contributed by atoms with Crippen LogP contribution < -0.4 is 5.32 Å². The number of benzene rings is 1. The SMILES string of the molecule is C[C@@H](NC(=O)CC1(O)CCCC1)[C@@H]1CN(Cc2ccccc2)CCO1. The van der Waals surface area contributed by atoms with Gasteiger partial charge in [-0.15, -0.1) is 0 Å². The van der Waals surface area contributed by atoms with E-state index in [1.807, 2.05) is 13.0 Å². The highest BCUT2D eigenvalue weighted by atomic mass is 16.5. The minimum absolute atomic E-state index is 0.0142. The van der Waals surface area contributed by atoms with Gasteiger partial charge in [-0.1, -0.05) is 43.2 Å². The molecule has 1 saturated carbocycles. The van der Waals surface area contributed by atoms with Crippen molar-refractivity contribution in [2.45, 2.75) is 63.3 Å². The van der Waals surface area contributed by atoms with Crippen LogP contribution in [0.3, 0.4) is 0 Å². The van der Waals surface area contributed by atoms with E-state index in [9.17, 15) is 9.90 Å². The molecule has 5 nitrogen and oxygen atoms in total. The van der Waals surface area contributed by atoms with Crippen molar-refractivity contribution in [3.05, 3.63) is 35.9 Å². The molecule has 2 aliphatic rings. The van der Waals surface area contributed by atoms with Crippen molar-refractivity contribution in [3.8, 4) is 0 Å². The topological polar surface area (TPSA) is 61.8 Å². The van der Waals surface area contributed by atoms with Crippen LogP contribution in [0.4, 0.5) is 0 Å². The summed E-state index contributed by atoms with van der Waals surface area (Å²) in [6, 6.07) is 10.4. The van der Waals surface area contributed by atoms with E-state index in [0.29, 0.717) is 6.61 Å². The summed E-state index contributed by atoms with van der Waals surface area (Å²) in [5.41, 5.74) is 0.500. The van der Waals surface area contributed by atoms with Crippen LogP contribution in [0.15, 0.2) is 30.3 Å². The van der Waals surface area contributed by atoms with Crippen LogP contribution in [0.5, 0.6) is 0 Å². The minimum atomic E-state index is -0.795. The Morgan fingerprint density at radius 2 is 2.08 bits per heavy atom. The lowest BCUT2D eigenvalue weighted by molar-refractivity contribution is -0.128. The molecule has 2 N–H and O–H groups in total. The zero-order valence-corrected chi connectivity index (χ0v) is 15.1. The van der Waals surface area contributed by atoms with Gasteiger partial charge in [0, 0.05) is 19.6 Å². The average molecular weight is 346 g/mol. The predicted octanol–water partition coefficient (Wildman–Crippen LogP) is 2.09. The molecule has 1 aliphatic heterocycles. The normalized spacial score (nSPS) is 24.8. The smallest absolute Gasteiger partial charge is 0.223 e. The summed E-state index contributed by atoms with van der Waals surface area (Å²) in [5, 5.41) is 13.4. The Morgan fingerprint density at radius 3 is 2.80 bits per heavy atom. The van der Waals surface area contributed by atoms with Gasteiger partial charge in [-0.05, 0) is 25.3 Å². The van der Waals surface area contributed by atoms with Gasteiger partial charge < -0.3 is 15.2 Å². The van der Waals surface area contributed by atoms with E-state index in [1.54, 1.807) is 0 Å². The Bertz CT molecular complexity index is 557. The minimum Gasteiger partial charge on any atom is -0.389 e. The maximum atomic E-state index is 12.3. The van der Waals surface area contributed by atoms with E-state index in [0.717, 1.165) is 45.3 Å². The van der Waals surface area contributed by atoms with Gasteiger partial charge in [0.05, 0.1) is 30.8 Å². The number of rotatable bonds is 6. The van der Waals surface area contributed by atoms with Crippen LogP contribution in [0.2, 0.25) is 0 Å². The molecule has 5 heteroatoms. The van der Waals surface area contributed by atoms with Crippen molar-refractivity contribution in [2.24, 2.45) is 0 Å². The van der Waals surface area contributed by atoms with E-state index in [4.69, 9.17) is 4.74 Å². The van der Waals surface area contributed by atoms with Crippen LogP contribution in [0.1, 0.15) is 44.6 Å². The van der Waals surface area contributed by atoms with Crippen LogP contribution in [-0.2, 0) is 16.1 Å². The molecule has 2 atom stereocenters. The summed E-state index contributed by atoms with van der Waals surface area (Å²) in [7, 11) is 0. The number of amides is 1. The molecule has 1 aromatic carbocycles. The number of morpholine rings is 1. The lowest BCUT2D eigenvalue weighted by atomic mass is 9.97. The molecule has 2 fully saturated rings. The van der Waals surface area contributed by atoms with E-state index < -0.39 is 5.60 Å². The number of nitrogens with zero attached hydrogens (tertiary/aromatic N) is 1. The highest BCUT2D eigenvalue weighted by Gasteiger charge is 2.34. The van der Waals surface area contributed by atoms with Gasteiger partial charge in [-0.2, -0.15) is 0 Å². The van der Waals surface area contributed by atoms with Crippen molar-refractivity contribution in [1.82, 2.24) is 10.2 Å². The Labute approximate surface area is 150 Å². The third-order valence-corrected chi connectivity index (χ3v) is 5.40. The summed E-state index contributed by atoms with van der Waals surface area (Å²) in [6.07, 6.45) is 3.69. The fourth-order valence-electron chi connectivity index (χ4n) is 3.93. The first-order valence-corrected chi connectivity index (χ1v) is 9.44. The van der Waals surface area contributed by atoms with E-state index >= 15 is 0 Å². The molecule has 3 rings (SSSR count). The molecule has 0 unspecified atom stereocenters. The van der Waals surface area contributed by atoms with Gasteiger partial charge in [-0.25, -0.2) is 0 Å². The van der Waals surface area contributed by atoms with Gasteiger partial charge in [0.1, 0.15) is 0 Å². The van der Waals surface area contributed by atoms with E-state index in [2.05, 4.69) is 34.5 Å². The van der Waals surface area contributed by atoms with Crippen molar-refractivity contribution in [1.29, 1.82) is 0 Å². The van der Waals surface area contributed by atoms with Gasteiger partial charge in [-0.3, -0.25) is 9.69 Å². The number of hydrogen-bond acceptors (Lipinski definition) is 4. The van der Waals surface area contributed by atoms with Crippen molar-refractivity contribution in [3.63, 3.8) is 0 Å². The number of aliphatic hydroxyl groups is 1. The Balaban J connectivity index is 1.48. The number of carbonyl (C=O) groups is 1. The lowest BCUT2D eigenvalue weighted by Crippen LogP contribution is -2.52. The first kappa shape index (κ1) is 18.4. The molecule has 1 amide bonds. The highest BCUT2D eigenvalue weighted by Crippen LogP contribution is 2.32. The molecule has 138 valence electrons. The maximum Gasteiger partial charge on any atom is 0.223 e. The van der Waals surface area contributed by atoms with Crippen LogP contribution in [-0.4, -0.2) is 53.4 Å². The fraction of sp³-hybridized carbons (Fsp3) is 0.650. The van der Waals surface area contributed by atoms with Crippen LogP contribution in [0.25, 0.3) is 0 Å². The molecule has 1 aliphatic carbocycles. The number of nitrogens with one attached hydrogen (secondary N) is 1. The van der Waals surface area contributed by atoms with Gasteiger partial charge >= 0.3 is 0 Å². The van der Waals surface area contributed by atoms with Crippen molar-refractivity contribution in [2.75, 3.05) is 19.7 Å². The molecular formula is C20H30N2O3. The molecule has 1 heterocycles. The Morgan fingerprint density at radius 1 is 1.36 bits per heavy atom. The molecule has 0 radical (unpaired) electrons. The Hall–Kier alpha value is -1.43.